The van der Waals surface area contributed by atoms with Gasteiger partial charge in [0.1, 0.15) is 11.5 Å². The Morgan fingerprint density at radius 3 is 2.48 bits per heavy atom. The molecule has 0 saturated heterocycles. The summed E-state index contributed by atoms with van der Waals surface area (Å²) in [6, 6.07) is 11.6. The molecule has 0 bridgehead atoms. The van der Waals surface area contributed by atoms with Gasteiger partial charge in [-0.3, -0.25) is 9.59 Å². The van der Waals surface area contributed by atoms with Crippen molar-refractivity contribution >= 4 is 11.8 Å². The van der Waals surface area contributed by atoms with Crippen LogP contribution in [0.2, 0.25) is 0 Å². The van der Waals surface area contributed by atoms with Crippen LogP contribution in [-0.4, -0.2) is 29.8 Å². The lowest BCUT2D eigenvalue weighted by Gasteiger charge is -2.22. The minimum absolute atomic E-state index is 0.0166. The van der Waals surface area contributed by atoms with Crippen molar-refractivity contribution in [3.8, 4) is 0 Å². The minimum atomic E-state index is -0.105. The minimum Gasteiger partial charge on any atom is -0.466 e. The maximum absolute atomic E-state index is 13.0. The van der Waals surface area contributed by atoms with Gasteiger partial charge in [0, 0.05) is 26.1 Å². The first-order chi connectivity index (χ1) is 13.0. The second kappa shape index (κ2) is 10.6. The molecule has 146 valence electrons. The summed E-state index contributed by atoms with van der Waals surface area (Å²) in [5, 5.41) is 2.94. The second-order valence-electron chi connectivity index (χ2n) is 6.85. The molecule has 0 aliphatic heterocycles. The molecule has 1 heterocycles. The van der Waals surface area contributed by atoms with Crippen molar-refractivity contribution < 1.29 is 14.0 Å². The van der Waals surface area contributed by atoms with Gasteiger partial charge in [0.15, 0.2) is 0 Å². The Morgan fingerprint density at radius 2 is 1.85 bits per heavy atom. The summed E-state index contributed by atoms with van der Waals surface area (Å²) in [5.41, 5.74) is 1.60. The zero-order valence-electron chi connectivity index (χ0n) is 16.6. The summed E-state index contributed by atoms with van der Waals surface area (Å²) in [5.74, 6) is 1.20. The van der Waals surface area contributed by atoms with E-state index in [-0.39, 0.29) is 11.8 Å². The third-order valence-corrected chi connectivity index (χ3v) is 4.49. The van der Waals surface area contributed by atoms with Crippen LogP contribution in [0.25, 0.3) is 0 Å². The van der Waals surface area contributed by atoms with Crippen LogP contribution < -0.4 is 5.32 Å². The number of hydrogen-bond acceptors (Lipinski definition) is 3. The molecule has 0 radical (unpaired) electrons. The number of unbranched alkanes of at least 4 members (excludes halogenated alkanes) is 2. The van der Waals surface area contributed by atoms with Gasteiger partial charge >= 0.3 is 0 Å². The van der Waals surface area contributed by atoms with E-state index in [1.54, 1.807) is 17.9 Å². The van der Waals surface area contributed by atoms with E-state index in [2.05, 4.69) is 12.2 Å². The average Bonchev–Trinajstić information content (AvgIpc) is 3.00. The molecule has 0 aliphatic rings. The van der Waals surface area contributed by atoms with Crippen molar-refractivity contribution in [2.45, 2.75) is 53.0 Å². The number of carbonyl (C=O) groups is 2. The molecule has 0 spiro atoms. The third kappa shape index (κ3) is 6.59. The van der Waals surface area contributed by atoms with Crippen molar-refractivity contribution in [2.75, 3.05) is 13.1 Å². The fourth-order valence-corrected chi connectivity index (χ4v) is 3.00. The summed E-state index contributed by atoms with van der Waals surface area (Å²) < 4.78 is 5.51. The maximum Gasteiger partial charge on any atom is 0.257 e. The summed E-state index contributed by atoms with van der Waals surface area (Å²) in [4.78, 5) is 26.9. The smallest absolute Gasteiger partial charge is 0.257 e. The van der Waals surface area contributed by atoms with Gasteiger partial charge in [-0.15, -0.1) is 0 Å². The number of rotatable bonds is 10. The topological polar surface area (TPSA) is 62.6 Å². The molecule has 0 atom stereocenters. The predicted molar refractivity (Wildman–Crippen MR) is 107 cm³/mol. The highest BCUT2D eigenvalue weighted by atomic mass is 16.3. The number of hydrogen-bond donors (Lipinski definition) is 1. The molecule has 27 heavy (non-hydrogen) atoms. The Hall–Kier alpha value is -2.56. The lowest BCUT2D eigenvalue weighted by atomic mass is 10.1. The van der Waals surface area contributed by atoms with Crippen molar-refractivity contribution in [3.63, 3.8) is 0 Å². The number of nitrogens with zero attached hydrogens (tertiary/aromatic N) is 1. The van der Waals surface area contributed by atoms with Gasteiger partial charge in [-0.2, -0.15) is 0 Å². The van der Waals surface area contributed by atoms with Gasteiger partial charge in [0.25, 0.3) is 5.91 Å². The highest BCUT2D eigenvalue weighted by Crippen LogP contribution is 2.18. The second-order valence-corrected chi connectivity index (χ2v) is 6.85. The quantitative estimate of drug-likeness (QED) is 0.637. The Kier molecular flexibility index (Phi) is 8.11. The van der Waals surface area contributed by atoms with Gasteiger partial charge < -0.3 is 14.6 Å². The molecular formula is C22H30N2O3. The fourth-order valence-electron chi connectivity index (χ4n) is 3.00. The number of benzene rings is 1. The number of furan rings is 1. The molecule has 1 aromatic heterocycles. The Bertz CT molecular complexity index is 737. The fraction of sp³-hybridized carbons (Fsp3) is 0.455. The largest absolute Gasteiger partial charge is 0.466 e. The van der Waals surface area contributed by atoms with E-state index in [4.69, 9.17) is 4.42 Å². The van der Waals surface area contributed by atoms with Crippen molar-refractivity contribution in [2.24, 2.45) is 0 Å². The van der Waals surface area contributed by atoms with Crippen LogP contribution in [-0.2, 0) is 11.3 Å². The van der Waals surface area contributed by atoms with E-state index in [1.165, 1.54) is 0 Å². The van der Waals surface area contributed by atoms with Crippen LogP contribution in [0.15, 0.2) is 40.8 Å². The van der Waals surface area contributed by atoms with Crippen LogP contribution in [0.1, 0.15) is 60.0 Å². The van der Waals surface area contributed by atoms with Crippen molar-refractivity contribution in [3.05, 3.63) is 59.0 Å². The van der Waals surface area contributed by atoms with Crippen LogP contribution >= 0.6 is 0 Å². The highest BCUT2D eigenvalue weighted by molar-refractivity contribution is 5.95. The van der Waals surface area contributed by atoms with Gasteiger partial charge in [-0.05, 0) is 31.9 Å². The monoisotopic (exact) mass is 370 g/mol. The van der Waals surface area contributed by atoms with Crippen molar-refractivity contribution in [1.82, 2.24) is 10.2 Å². The summed E-state index contributed by atoms with van der Waals surface area (Å²) in [6.45, 7) is 7.29. The SMILES string of the molecule is CCCCCNC(=O)CCN(Cc1ccccc1)C(=O)c1cc(C)oc1C. The van der Waals surface area contributed by atoms with E-state index in [9.17, 15) is 9.59 Å². The summed E-state index contributed by atoms with van der Waals surface area (Å²) >= 11 is 0. The van der Waals surface area contributed by atoms with E-state index < -0.39 is 0 Å². The predicted octanol–water partition coefficient (Wildman–Crippen LogP) is 4.24. The number of nitrogens with one attached hydrogen (secondary N) is 1. The Balaban J connectivity index is 2.02. The lowest BCUT2D eigenvalue weighted by Crippen LogP contribution is -2.35. The zero-order valence-corrected chi connectivity index (χ0v) is 16.6. The van der Waals surface area contributed by atoms with Gasteiger partial charge in [0.05, 0.1) is 5.56 Å². The molecule has 2 amide bonds. The normalized spacial score (nSPS) is 10.6. The van der Waals surface area contributed by atoms with Gasteiger partial charge in [-0.25, -0.2) is 0 Å². The van der Waals surface area contributed by atoms with Crippen LogP contribution in [0.4, 0.5) is 0 Å². The number of amides is 2. The number of carbonyl (C=O) groups excluding carboxylic acids is 2. The molecule has 2 aromatic rings. The standard InChI is InChI=1S/C22H30N2O3/c1-4-5-9-13-23-21(25)12-14-24(16-19-10-7-6-8-11-19)22(26)20-15-17(2)27-18(20)3/h6-8,10-11,15H,4-5,9,12-14,16H2,1-3H3,(H,23,25). The van der Waals surface area contributed by atoms with Crippen LogP contribution in [0.5, 0.6) is 0 Å². The van der Waals surface area contributed by atoms with Crippen molar-refractivity contribution in [1.29, 1.82) is 0 Å². The zero-order chi connectivity index (χ0) is 19.6. The first kappa shape index (κ1) is 20.7. The third-order valence-electron chi connectivity index (χ3n) is 4.49. The van der Waals surface area contributed by atoms with E-state index in [0.29, 0.717) is 43.1 Å². The van der Waals surface area contributed by atoms with Crippen LogP contribution in [0.3, 0.4) is 0 Å². The molecule has 0 unspecified atom stereocenters. The first-order valence-corrected chi connectivity index (χ1v) is 9.68. The molecule has 2 rings (SSSR count). The molecule has 5 heteroatoms. The Labute approximate surface area is 161 Å². The summed E-state index contributed by atoms with van der Waals surface area (Å²) in [7, 11) is 0. The van der Waals surface area contributed by atoms with E-state index >= 15 is 0 Å². The van der Waals surface area contributed by atoms with Gasteiger partial charge in [0.2, 0.25) is 5.91 Å². The molecule has 0 aliphatic carbocycles. The maximum atomic E-state index is 13.0. The first-order valence-electron chi connectivity index (χ1n) is 9.68. The lowest BCUT2D eigenvalue weighted by molar-refractivity contribution is -0.121. The Morgan fingerprint density at radius 1 is 1.11 bits per heavy atom. The molecule has 1 N–H and O–H groups in total. The van der Waals surface area contributed by atoms with E-state index in [1.807, 2.05) is 37.3 Å². The molecular weight excluding hydrogens is 340 g/mol. The molecule has 0 fully saturated rings. The van der Waals surface area contributed by atoms with E-state index in [0.717, 1.165) is 24.8 Å². The number of aryl methyl sites for hydroxylation is 2. The molecule has 1 aromatic carbocycles. The molecule has 5 nitrogen and oxygen atoms in total. The summed E-state index contributed by atoms with van der Waals surface area (Å²) in [6.07, 6.45) is 3.51. The highest BCUT2D eigenvalue weighted by Gasteiger charge is 2.21. The van der Waals surface area contributed by atoms with Crippen LogP contribution in [0, 0.1) is 13.8 Å². The molecule has 0 saturated carbocycles. The van der Waals surface area contributed by atoms with Gasteiger partial charge in [-0.1, -0.05) is 50.1 Å². The average molecular weight is 370 g/mol.